The van der Waals surface area contributed by atoms with E-state index < -0.39 is 0 Å². The predicted molar refractivity (Wildman–Crippen MR) is 61.7 cm³/mol. The molecule has 0 unspecified atom stereocenters. The molecule has 0 aromatic heterocycles. The molecule has 0 aromatic rings. The van der Waals surface area contributed by atoms with Gasteiger partial charge >= 0.3 is 5.97 Å². The molecule has 1 aliphatic rings. The topological polar surface area (TPSA) is 26.3 Å². The molecule has 1 rings (SSSR count). The van der Waals surface area contributed by atoms with Gasteiger partial charge in [-0.25, -0.2) is 0 Å². The van der Waals surface area contributed by atoms with E-state index in [9.17, 15) is 4.79 Å². The van der Waals surface area contributed by atoms with Crippen LogP contribution in [0.2, 0.25) is 0 Å². The third-order valence-corrected chi connectivity index (χ3v) is 3.33. The fourth-order valence-electron chi connectivity index (χ4n) is 2.07. The summed E-state index contributed by atoms with van der Waals surface area (Å²) >= 11 is 0. The van der Waals surface area contributed by atoms with E-state index in [0.29, 0.717) is 0 Å². The molecule has 0 aromatic carbocycles. The average molecular weight is 212 g/mol. The van der Waals surface area contributed by atoms with Crippen molar-refractivity contribution in [1.82, 2.24) is 0 Å². The van der Waals surface area contributed by atoms with E-state index in [4.69, 9.17) is 4.74 Å². The monoisotopic (exact) mass is 212 g/mol. The molecule has 15 heavy (non-hydrogen) atoms. The van der Waals surface area contributed by atoms with Crippen LogP contribution in [0.4, 0.5) is 0 Å². The fraction of sp³-hybridized carbons (Fsp3) is 0.923. The van der Waals surface area contributed by atoms with Crippen molar-refractivity contribution >= 4 is 5.97 Å². The quantitative estimate of drug-likeness (QED) is 0.652. The lowest BCUT2D eigenvalue weighted by Crippen LogP contribution is -2.40. The molecule has 0 bridgehead atoms. The highest BCUT2D eigenvalue weighted by molar-refractivity contribution is 5.75. The zero-order valence-electron chi connectivity index (χ0n) is 10.6. The highest BCUT2D eigenvalue weighted by atomic mass is 16.6. The zero-order chi connectivity index (χ0) is 11.5. The van der Waals surface area contributed by atoms with Gasteiger partial charge in [-0.2, -0.15) is 0 Å². The van der Waals surface area contributed by atoms with Crippen molar-refractivity contribution in [1.29, 1.82) is 0 Å². The zero-order valence-corrected chi connectivity index (χ0v) is 10.6. The highest BCUT2D eigenvalue weighted by Gasteiger charge is 2.37. The Kier molecular flexibility index (Phi) is 3.80. The van der Waals surface area contributed by atoms with Crippen LogP contribution in [0.15, 0.2) is 0 Å². The lowest BCUT2D eigenvalue weighted by molar-refractivity contribution is -0.173. The lowest BCUT2D eigenvalue weighted by Gasteiger charge is -2.37. The minimum absolute atomic E-state index is 0.0498. The highest BCUT2D eigenvalue weighted by Crippen LogP contribution is 2.36. The van der Waals surface area contributed by atoms with Crippen molar-refractivity contribution in [2.75, 3.05) is 0 Å². The summed E-state index contributed by atoms with van der Waals surface area (Å²) in [6.45, 7) is 7.88. The lowest BCUT2D eigenvalue weighted by atomic mass is 9.82. The van der Waals surface area contributed by atoms with Gasteiger partial charge in [-0.3, -0.25) is 4.79 Å². The van der Waals surface area contributed by atoms with Crippen molar-refractivity contribution in [2.45, 2.75) is 71.8 Å². The molecule has 0 radical (unpaired) electrons. The summed E-state index contributed by atoms with van der Waals surface area (Å²) in [5.74, 6) is -0.0498. The molecule has 0 aliphatic heterocycles. The van der Waals surface area contributed by atoms with Gasteiger partial charge < -0.3 is 4.74 Å². The Balaban J connectivity index is 2.63. The Morgan fingerprint density at radius 3 is 2.13 bits per heavy atom. The minimum Gasteiger partial charge on any atom is -0.459 e. The molecular formula is C13H24O2. The Bertz CT molecular complexity index is 219. The molecule has 0 spiro atoms. The molecule has 1 fully saturated rings. The first-order chi connectivity index (χ1) is 6.90. The smallest absolute Gasteiger partial charge is 0.311 e. The maximum absolute atomic E-state index is 11.9. The van der Waals surface area contributed by atoms with Crippen molar-refractivity contribution < 1.29 is 9.53 Å². The minimum atomic E-state index is -0.375. The third kappa shape index (κ3) is 3.22. The third-order valence-electron chi connectivity index (χ3n) is 3.33. The van der Waals surface area contributed by atoms with Crippen molar-refractivity contribution in [3.05, 3.63) is 0 Å². The number of ether oxygens (including phenoxy) is 1. The second-order valence-electron chi connectivity index (χ2n) is 5.74. The van der Waals surface area contributed by atoms with Gasteiger partial charge in [0.15, 0.2) is 0 Å². The van der Waals surface area contributed by atoms with Crippen LogP contribution in [0.1, 0.15) is 66.2 Å². The molecule has 1 saturated carbocycles. The van der Waals surface area contributed by atoms with Crippen LogP contribution in [0.25, 0.3) is 0 Å². The molecule has 0 atom stereocenters. The van der Waals surface area contributed by atoms with E-state index in [1.54, 1.807) is 0 Å². The predicted octanol–water partition coefficient (Wildman–Crippen LogP) is 3.69. The largest absolute Gasteiger partial charge is 0.459 e. The first-order valence-corrected chi connectivity index (χ1v) is 6.13. The molecule has 0 amide bonds. The normalized spacial score (nSPS) is 21.1. The van der Waals surface area contributed by atoms with Gasteiger partial charge in [0, 0.05) is 0 Å². The molecule has 0 heterocycles. The Labute approximate surface area is 93.4 Å². The molecule has 0 saturated heterocycles. The van der Waals surface area contributed by atoms with E-state index in [1.165, 1.54) is 19.3 Å². The average Bonchev–Trinajstić information content (AvgIpc) is 2.18. The second-order valence-corrected chi connectivity index (χ2v) is 5.74. The number of rotatable bonds is 2. The number of carbonyl (C=O) groups is 1. The Hall–Kier alpha value is -0.530. The van der Waals surface area contributed by atoms with E-state index >= 15 is 0 Å². The molecule has 1 aliphatic carbocycles. The summed E-state index contributed by atoms with van der Waals surface area (Å²) < 4.78 is 5.75. The number of esters is 1. The van der Waals surface area contributed by atoms with E-state index in [0.717, 1.165) is 19.3 Å². The van der Waals surface area contributed by atoms with Crippen molar-refractivity contribution in [2.24, 2.45) is 5.41 Å². The van der Waals surface area contributed by atoms with Crippen LogP contribution in [0.5, 0.6) is 0 Å². The second kappa shape index (κ2) is 4.54. The van der Waals surface area contributed by atoms with Crippen LogP contribution in [-0.4, -0.2) is 11.6 Å². The van der Waals surface area contributed by atoms with Crippen LogP contribution in [0.3, 0.4) is 0 Å². The van der Waals surface area contributed by atoms with Gasteiger partial charge in [0.1, 0.15) is 5.60 Å². The van der Waals surface area contributed by atoms with Crippen LogP contribution in [-0.2, 0) is 9.53 Å². The number of carbonyl (C=O) groups excluding carboxylic acids is 1. The summed E-state index contributed by atoms with van der Waals surface area (Å²) in [7, 11) is 0. The summed E-state index contributed by atoms with van der Waals surface area (Å²) in [4.78, 5) is 11.9. The number of hydrogen-bond acceptors (Lipinski definition) is 2. The first-order valence-electron chi connectivity index (χ1n) is 6.13. The summed E-state index contributed by atoms with van der Waals surface area (Å²) in [6.07, 6.45) is 6.73. The van der Waals surface area contributed by atoms with Gasteiger partial charge in [-0.15, -0.1) is 0 Å². The van der Waals surface area contributed by atoms with Gasteiger partial charge in [0.25, 0.3) is 0 Å². The van der Waals surface area contributed by atoms with Crippen LogP contribution >= 0.6 is 0 Å². The van der Waals surface area contributed by atoms with Gasteiger partial charge in [-0.1, -0.05) is 13.3 Å². The van der Waals surface area contributed by atoms with E-state index in [2.05, 4.69) is 6.92 Å². The van der Waals surface area contributed by atoms with Crippen LogP contribution in [0, 0.1) is 5.41 Å². The summed E-state index contributed by atoms with van der Waals surface area (Å²) in [5, 5.41) is 0. The maximum Gasteiger partial charge on any atom is 0.311 e. The Morgan fingerprint density at radius 1 is 1.20 bits per heavy atom. The molecule has 88 valence electrons. The van der Waals surface area contributed by atoms with Gasteiger partial charge in [0.05, 0.1) is 5.41 Å². The SMILES string of the molecule is CCC1(OC(=O)C(C)(C)C)CCCCC1. The van der Waals surface area contributed by atoms with Crippen LogP contribution < -0.4 is 0 Å². The van der Waals surface area contributed by atoms with E-state index in [1.807, 2.05) is 20.8 Å². The van der Waals surface area contributed by atoms with Gasteiger partial charge in [0.2, 0.25) is 0 Å². The van der Waals surface area contributed by atoms with Gasteiger partial charge in [-0.05, 0) is 52.9 Å². The first kappa shape index (κ1) is 12.5. The molecular weight excluding hydrogens is 188 g/mol. The van der Waals surface area contributed by atoms with E-state index in [-0.39, 0.29) is 17.0 Å². The fourth-order valence-corrected chi connectivity index (χ4v) is 2.07. The Morgan fingerprint density at radius 2 is 1.73 bits per heavy atom. The molecule has 2 nitrogen and oxygen atoms in total. The molecule has 0 N–H and O–H groups in total. The summed E-state index contributed by atoms with van der Waals surface area (Å²) in [5.41, 5.74) is -0.526. The number of hydrogen-bond donors (Lipinski definition) is 0. The van der Waals surface area contributed by atoms with Crippen molar-refractivity contribution in [3.63, 3.8) is 0 Å². The standard InChI is InChI=1S/C13H24O2/c1-5-13(9-7-6-8-10-13)15-11(14)12(2,3)4/h5-10H2,1-4H3. The molecule has 2 heteroatoms. The summed E-state index contributed by atoms with van der Waals surface area (Å²) in [6, 6.07) is 0. The maximum atomic E-state index is 11.9. The van der Waals surface area contributed by atoms with Crippen molar-refractivity contribution in [3.8, 4) is 0 Å².